The Morgan fingerprint density at radius 2 is 2.14 bits per heavy atom. The SMILES string of the molecule is Cc1ccccc1Cn1cc(C(=O)O)c(-c2ccoc2)n1. The van der Waals surface area contributed by atoms with E-state index in [1.165, 1.54) is 12.5 Å². The van der Waals surface area contributed by atoms with Crippen LogP contribution in [0.3, 0.4) is 0 Å². The number of nitrogens with zero attached hydrogens (tertiary/aromatic N) is 2. The molecule has 5 nitrogen and oxygen atoms in total. The zero-order chi connectivity index (χ0) is 14.8. The highest BCUT2D eigenvalue weighted by Gasteiger charge is 2.18. The zero-order valence-corrected chi connectivity index (χ0v) is 11.5. The number of hydrogen-bond acceptors (Lipinski definition) is 3. The average Bonchev–Trinajstić information content (AvgIpc) is 3.10. The van der Waals surface area contributed by atoms with E-state index in [0.717, 1.165) is 11.1 Å². The Labute approximate surface area is 121 Å². The van der Waals surface area contributed by atoms with Crippen LogP contribution in [-0.4, -0.2) is 20.9 Å². The van der Waals surface area contributed by atoms with Crippen LogP contribution >= 0.6 is 0 Å². The topological polar surface area (TPSA) is 68.3 Å². The van der Waals surface area contributed by atoms with Crippen molar-refractivity contribution in [3.63, 3.8) is 0 Å². The maximum Gasteiger partial charge on any atom is 0.339 e. The third kappa shape index (κ3) is 2.58. The highest BCUT2D eigenvalue weighted by Crippen LogP contribution is 2.23. The summed E-state index contributed by atoms with van der Waals surface area (Å²) in [6, 6.07) is 9.66. The predicted octanol–water partition coefficient (Wildman–Crippen LogP) is 3.20. The molecule has 0 unspecified atom stereocenters. The van der Waals surface area contributed by atoms with Crippen LogP contribution in [0, 0.1) is 6.92 Å². The van der Waals surface area contributed by atoms with E-state index in [9.17, 15) is 9.90 Å². The summed E-state index contributed by atoms with van der Waals surface area (Å²) in [6.45, 7) is 2.55. The monoisotopic (exact) mass is 282 g/mol. The van der Waals surface area contributed by atoms with E-state index in [1.807, 2.05) is 31.2 Å². The van der Waals surface area contributed by atoms with Gasteiger partial charge in [-0.05, 0) is 24.1 Å². The van der Waals surface area contributed by atoms with E-state index in [0.29, 0.717) is 17.8 Å². The minimum absolute atomic E-state index is 0.171. The van der Waals surface area contributed by atoms with Crippen LogP contribution in [-0.2, 0) is 6.54 Å². The Bertz CT molecular complexity index is 773. The minimum Gasteiger partial charge on any atom is -0.478 e. The molecular weight excluding hydrogens is 268 g/mol. The quantitative estimate of drug-likeness (QED) is 0.798. The summed E-state index contributed by atoms with van der Waals surface area (Å²) in [5.41, 5.74) is 3.51. The van der Waals surface area contributed by atoms with Crippen LogP contribution in [0.15, 0.2) is 53.5 Å². The molecule has 0 amide bonds. The molecule has 0 atom stereocenters. The molecule has 3 aromatic rings. The molecule has 0 bridgehead atoms. The molecule has 106 valence electrons. The minimum atomic E-state index is -0.998. The summed E-state index contributed by atoms with van der Waals surface area (Å²) in [5, 5.41) is 13.7. The van der Waals surface area contributed by atoms with Crippen molar-refractivity contribution in [2.45, 2.75) is 13.5 Å². The average molecular weight is 282 g/mol. The number of aromatic carboxylic acids is 1. The lowest BCUT2D eigenvalue weighted by Crippen LogP contribution is -2.02. The molecule has 5 heteroatoms. The van der Waals surface area contributed by atoms with Crippen molar-refractivity contribution >= 4 is 5.97 Å². The molecule has 2 heterocycles. The lowest BCUT2D eigenvalue weighted by atomic mass is 10.1. The number of carboxylic acid groups (broad SMARTS) is 1. The molecule has 0 aliphatic heterocycles. The van der Waals surface area contributed by atoms with Crippen LogP contribution in [0.4, 0.5) is 0 Å². The Morgan fingerprint density at radius 3 is 2.81 bits per heavy atom. The zero-order valence-electron chi connectivity index (χ0n) is 11.5. The number of aryl methyl sites for hydroxylation is 1. The van der Waals surface area contributed by atoms with Crippen molar-refractivity contribution < 1.29 is 14.3 Å². The molecule has 0 saturated carbocycles. The lowest BCUT2D eigenvalue weighted by molar-refractivity contribution is 0.0697. The van der Waals surface area contributed by atoms with Crippen LogP contribution in [0.5, 0.6) is 0 Å². The smallest absolute Gasteiger partial charge is 0.339 e. The van der Waals surface area contributed by atoms with Crippen molar-refractivity contribution in [2.75, 3.05) is 0 Å². The van der Waals surface area contributed by atoms with E-state index < -0.39 is 5.97 Å². The van der Waals surface area contributed by atoms with Crippen molar-refractivity contribution in [2.24, 2.45) is 0 Å². The highest BCUT2D eigenvalue weighted by atomic mass is 16.4. The summed E-state index contributed by atoms with van der Waals surface area (Å²) in [6.07, 6.45) is 4.55. The molecule has 0 aliphatic carbocycles. The van der Waals surface area contributed by atoms with Crippen LogP contribution < -0.4 is 0 Å². The number of carbonyl (C=O) groups is 1. The first-order valence-electron chi connectivity index (χ1n) is 6.53. The van der Waals surface area contributed by atoms with Gasteiger partial charge in [0.2, 0.25) is 0 Å². The number of furan rings is 1. The molecule has 1 N–H and O–H groups in total. The summed E-state index contributed by atoms with van der Waals surface area (Å²) < 4.78 is 6.66. The van der Waals surface area contributed by atoms with E-state index in [1.54, 1.807) is 16.9 Å². The van der Waals surface area contributed by atoms with Crippen molar-refractivity contribution in [3.05, 3.63) is 65.7 Å². The lowest BCUT2D eigenvalue weighted by Gasteiger charge is -2.05. The van der Waals surface area contributed by atoms with Gasteiger partial charge in [-0.25, -0.2) is 4.79 Å². The van der Waals surface area contributed by atoms with Crippen LogP contribution in [0.1, 0.15) is 21.5 Å². The van der Waals surface area contributed by atoms with E-state index in [2.05, 4.69) is 5.10 Å². The fourth-order valence-corrected chi connectivity index (χ4v) is 2.23. The Hall–Kier alpha value is -2.82. The number of hydrogen-bond donors (Lipinski definition) is 1. The molecule has 0 saturated heterocycles. The van der Waals surface area contributed by atoms with Gasteiger partial charge in [0.05, 0.1) is 19.1 Å². The van der Waals surface area contributed by atoms with Crippen molar-refractivity contribution in [1.82, 2.24) is 9.78 Å². The first kappa shape index (κ1) is 13.2. The third-order valence-electron chi connectivity index (χ3n) is 3.38. The summed E-state index contributed by atoms with van der Waals surface area (Å²) in [7, 11) is 0. The van der Waals surface area contributed by atoms with Gasteiger partial charge in [0.1, 0.15) is 11.3 Å². The third-order valence-corrected chi connectivity index (χ3v) is 3.38. The molecule has 2 aromatic heterocycles. The van der Waals surface area contributed by atoms with Crippen molar-refractivity contribution in [1.29, 1.82) is 0 Å². The predicted molar refractivity (Wildman–Crippen MR) is 77.2 cm³/mol. The fraction of sp³-hybridized carbons (Fsp3) is 0.125. The molecule has 3 rings (SSSR count). The van der Waals surface area contributed by atoms with Crippen LogP contribution in [0.2, 0.25) is 0 Å². The number of carboxylic acids is 1. The maximum absolute atomic E-state index is 11.4. The van der Waals surface area contributed by atoms with E-state index in [-0.39, 0.29) is 5.56 Å². The molecule has 21 heavy (non-hydrogen) atoms. The first-order chi connectivity index (χ1) is 10.1. The maximum atomic E-state index is 11.4. The molecule has 1 aromatic carbocycles. The summed E-state index contributed by atoms with van der Waals surface area (Å²) in [5.74, 6) is -0.998. The summed E-state index contributed by atoms with van der Waals surface area (Å²) >= 11 is 0. The van der Waals surface area contributed by atoms with E-state index >= 15 is 0 Å². The molecule has 0 aliphatic rings. The second-order valence-electron chi connectivity index (χ2n) is 4.83. The van der Waals surface area contributed by atoms with Crippen LogP contribution in [0.25, 0.3) is 11.3 Å². The molecule has 0 fully saturated rings. The van der Waals surface area contributed by atoms with Gasteiger partial charge in [-0.15, -0.1) is 0 Å². The van der Waals surface area contributed by atoms with Gasteiger partial charge in [-0.1, -0.05) is 24.3 Å². The standard InChI is InChI=1S/C16H14N2O3/c1-11-4-2-3-5-12(11)8-18-9-14(16(19)20)15(17-18)13-6-7-21-10-13/h2-7,9-10H,8H2,1H3,(H,19,20). The highest BCUT2D eigenvalue weighted by molar-refractivity contribution is 5.94. The van der Waals surface area contributed by atoms with Gasteiger partial charge < -0.3 is 9.52 Å². The number of rotatable bonds is 4. The van der Waals surface area contributed by atoms with Gasteiger partial charge in [-0.2, -0.15) is 5.10 Å². The first-order valence-corrected chi connectivity index (χ1v) is 6.53. The Kier molecular flexibility index (Phi) is 3.31. The van der Waals surface area contributed by atoms with Gasteiger partial charge >= 0.3 is 5.97 Å². The van der Waals surface area contributed by atoms with Gasteiger partial charge in [0.25, 0.3) is 0 Å². The normalized spacial score (nSPS) is 10.7. The van der Waals surface area contributed by atoms with E-state index in [4.69, 9.17) is 4.42 Å². The van der Waals surface area contributed by atoms with Gasteiger partial charge in [0.15, 0.2) is 0 Å². The van der Waals surface area contributed by atoms with Crippen molar-refractivity contribution in [3.8, 4) is 11.3 Å². The van der Waals surface area contributed by atoms with Gasteiger partial charge in [-0.3, -0.25) is 4.68 Å². The second kappa shape index (κ2) is 5.28. The largest absolute Gasteiger partial charge is 0.478 e. The molecular formula is C16H14N2O3. The number of aromatic nitrogens is 2. The van der Waals surface area contributed by atoms with Gasteiger partial charge in [0, 0.05) is 11.8 Å². The Balaban J connectivity index is 2.00. The molecule has 0 radical (unpaired) electrons. The summed E-state index contributed by atoms with van der Waals surface area (Å²) in [4.78, 5) is 11.4. The molecule has 0 spiro atoms. The number of benzene rings is 1. The fourth-order valence-electron chi connectivity index (χ4n) is 2.23. The second-order valence-corrected chi connectivity index (χ2v) is 4.83. The Morgan fingerprint density at radius 1 is 1.33 bits per heavy atom.